The summed E-state index contributed by atoms with van der Waals surface area (Å²) in [5.41, 5.74) is 1.87. The largest absolute Gasteiger partial charge is 0.392 e. The molecule has 4 rings (SSSR count). The van der Waals surface area contributed by atoms with Crippen LogP contribution in [0.5, 0.6) is 0 Å². The summed E-state index contributed by atoms with van der Waals surface area (Å²) in [6.45, 7) is 0.915. The molecule has 3 N–H and O–H groups in total. The molecule has 1 aromatic carbocycles. The van der Waals surface area contributed by atoms with Crippen LogP contribution in [0.4, 0.5) is 0 Å². The van der Waals surface area contributed by atoms with Crippen LogP contribution in [0.25, 0.3) is 22.3 Å². The molecule has 0 radical (unpaired) electrons. The van der Waals surface area contributed by atoms with Crippen molar-refractivity contribution >= 4 is 22.6 Å². The molecular weight excluding hydrogens is 404 g/mol. The van der Waals surface area contributed by atoms with E-state index in [0.29, 0.717) is 22.7 Å². The molecule has 1 fully saturated rings. The number of aliphatic hydroxyl groups is 2. The Balaban J connectivity index is 0.00000256. The topological polar surface area (TPSA) is 100 Å². The van der Waals surface area contributed by atoms with Crippen molar-refractivity contribution in [1.82, 2.24) is 19.9 Å². The summed E-state index contributed by atoms with van der Waals surface area (Å²) < 4.78 is 1.37. The van der Waals surface area contributed by atoms with Crippen molar-refractivity contribution in [2.75, 3.05) is 6.54 Å². The maximum absolute atomic E-state index is 12.9. The van der Waals surface area contributed by atoms with Crippen LogP contribution in [0.1, 0.15) is 26.7 Å². The molecule has 0 amide bonds. The van der Waals surface area contributed by atoms with Crippen molar-refractivity contribution < 1.29 is 10.2 Å². The van der Waals surface area contributed by atoms with Gasteiger partial charge in [0.1, 0.15) is 0 Å². The molecule has 1 saturated heterocycles. The first-order valence-electron chi connectivity index (χ1n) is 9.73. The van der Waals surface area contributed by atoms with Gasteiger partial charge in [-0.1, -0.05) is 31.2 Å². The second kappa shape index (κ2) is 9.66. The first-order valence-corrected chi connectivity index (χ1v) is 10.1. The molecule has 0 spiro atoms. The van der Waals surface area contributed by atoms with E-state index in [4.69, 9.17) is 11.6 Å². The number of nitrogens with one attached hydrogen (secondary N) is 1. The van der Waals surface area contributed by atoms with Crippen LogP contribution in [-0.4, -0.2) is 49.5 Å². The third kappa shape index (κ3) is 4.87. The summed E-state index contributed by atoms with van der Waals surface area (Å²) in [6.07, 6.45) is 2.17. The fourth-order valence-electron chi connectivity index (χ4n) is 3.74. The Morgan fingerprint density at radius 1 is 1.30 bits per heavy atom. The number of aliphatic hydroxyl groups excluding tert-OH is 2. The number of hydrogen-bond acceptors (Lipinski definition) is 6. The van der Waals surface area contributed by atoms with Crippen LogP contribution in [-0.2, 0) is 6.54 Å². The van der Waals surface area contributed by atoms with Gasteiger partial charge >= 0.3 is 0 Å². The highest BCUT2D eigenvalue weighted by molar-refractivity contribution is 6.30. The quantitative estimate of drug-likeness (QED) is 0.575. The molecule has 30 heavy (non-hydrogen) atoms. The van der Waals surface area contributed by atoms with Crippen LogP contribution >= 0.6 is 11.6 Å². The highest BCUT2D eigenvalue weighted by atomic mass is 35.5. The van der Waals surface area contributed by atoms with Gasteiger partial charge in [-0.05, 0) is 50.1 Å². The average Bonchev–Trinajstić information content (AvgIpc) is 2.72. The standard InChI is InChI=1S/C21H23ClN4O3.CH4/c22-14-4-1-3-13(9-14)16-6-7-17-20(25-16)21(29)26(12-24-17)11-15(27)10-18-19(28)5-2-8-23-18;/h1,3-4,6-7,9,12,15,18-19,23,27-28H,2,5,8,10-11H2;1H4/t15-,18+,19-;/m0./s1. The second-order valence-electron chi connectivity index (χ2n) is 7.44. The third-order valence-electron chi connectivity index (χ3n) is 5.28. The highest BCUT2D eigenvalue weighted by Crippen LogP contribution is 2.22. The van der Waals surface area contributed by atoms with Crippen LogP contribution in [0.3, 0.4) is 0 Å². The van der Waals surface area contributed by atoms with Crippen LogP contribution in [0.2, 0.25) is 5.02 Å². The third-order valence-corrected chi connectivity index (χ3v) is 5.51. The van der Waals surface area contributed by atoms with Gasteiger partial charge in [-0.25, -0.2) is 9.97 Å². The number of aromatic nitrogens is 3. The number of piperidine rings is 1. The van der Waals surface area contributed by atoms with E-state index in [1.807, 2.05) is 12.1 Å². The fourth-order valence-corrected chi connectivity index (χ4v) is 3.93. The Morgan fingerprint density at radius 3 is 2.90 bits per heavy atom. The molecule has 1 aliphatic heterocycles. The molecule has 1 aliphatic rings. The minimum absolute atomic E-state index is 0. The molecule has 8 heteroatoms. The zero-order valence-electron chi connectivity index (χ0n) is 15.8. The number of rotatable bonds is 5. The molecule has 0 aliphatic carbocycles. The Hall–Kier alpha value is -2.32. The van der Waals surface area contributed by atoms with E-state index in [-0.39, 0.29) is 31.1 Å². The second-order valence-corrected chi connectivity index (χ2v) is 7.87. The van der Waals surface area contributed by atoms with Crippen molar-refractivity contribution in [2.24, 2.45) is 0 Å². The van der Waals surface area contributed by atoms with Crippen molar-refractivity contribution in [3.63, 3.8) is 0 Å². The van der Waals surface area contributed by atoms with Crippen molar-refractivity contribution in [2.45, 2.75) is 51.5 Å². The lowest BCUT2D eigenvalue weighted by Gasteiger charge is -2.30. The number of benzene rings is 1. The molecule has 0 bridgehead atoms. The maximum Gasteiger partial charge on any atom is 0.279 e. The predicted octanol–water partition coefficient (Wildman–Crippen LogP) is 2.61. The average molecular weight is 431 g/mol. The van der Waals surface area contributed by atoms with Crippen molar-refractivity contribution in [1.29, 1.82) is 0 Å². The minimum atomic E-state index is -0.784. The molecule has 7 nitrogen and oxygen atoms in total. The summed E-state index contributed by atoms with van der Waals surface area (Å²) in [4.78, 5) is 21.7. The summed E-state index contributed by atoms with van der Waals surface area (Å²) in [6, 6.07) is 10.7. The molecular formula is C22H27ClN4O3. The number of halogens is 1. The van der Waals surface area contributed by atoms with Gasteiger partial charge in [0.25, 0.3) is 5.56 Å². The van der Waals surface area contributed by atoms with Gasteiger partial charge in [-0.2, -0.15) is 0 Å². The summed E-state index contributed by atoms with van der Waals surface area (Å²) >= 11 is 6.06. The van der Waals surface area contributed by atoms with Gasteiger partial charge in [-0.3, -0.25) is 9.36 Å². The Morgan fingerprint density at radius 2 is 2.13 bits per heavy atom. The number of pyridine rings is 1. The van der Waals surface area contributed by atoms with Gasteiger partial charge in [0, 0.05) is 16.6 Å². The number of nitrogens with zero attached hydrogens (tertiary/aromatic N) is 3. The molecule has 3 heterocycles. The minimum Gasteiger partial charge on any atom is -0.392 e. The van der Waals surface area contributed by atoms with E-state index in [0.717, 1.165) is 24.9 Å². The lowest BCUT2D eigenvalue weighted by atomic mass is 9.96. The zero-order valence-corrected chi connectivity index (χ0v) is 16.6. The van der Waals surface area contributed by atoms with Gasteiger partial charge in [0.2, 0.25) is 0 Å². The van der Waals surface area contributed by atoms with E-state index < -0.39 is 12.2 Å². The smallest absolute Gasteiger partial charge is 0.279 e. The van der Waals surface area contributed by atoms with E-state index in [9.17, 15) is 15.0 Å². The Bertz CT molecular complexity index is 1070. The van der Waals surface area contributed by atoms with E-state index in [1.165, 1.54) is 10.9 Å². The molecule has 0 unspecified atom stereocenters. The zero-order chi connectivity index (χ0) is 20.4. The number of hydrogen-bond donors (Lipinski definition) is 3. The van der Waals surface area contributed by atoms with Gasteiger partial charge in [0.15, 0.2) is 5.52 Å². The molecule has 3 aromatic rings. The Kier molecular flexibility index (Phi) is 7.20. The molecule has 2 aromatic heterocycles. The first kappa shape index (κ1) is 22.4. The summed E-state index contributed by atoms with van der Waals surface area (Å²) in [7, 11) is 0. The van der Waals surface area contributed by atoms with Gasteiger partial charge in [0.05, 0.1) is 36.3 Å². The van der Waals surface area contributed by atoms with E-state index >= 15 is 0 Å². The lowest BCUT2D eigenvalue weighted by molar-refractivity contribution is 0.0539. The van der Waals surface area contributed by atoms with Crippen LogP contribution in [0.15, 0.2) is 47.5 Å². The summed E-state index contributed by atoms with van der Waals surface area (Å²) in [5, 5.41) is 24.3. The van der Waals surface area contributed by atoms with Gasteiger partial charge in [-0.15, -0.1) is 0 Å². The van der Waals surface area contributed by atoms with Gasteiger partial charge < -0.3 is 15.5 Å². The normalized spacial score (nSPS) is 20.0. The van der Waals surface area contributed by atoms with Crippen molar-refractivity contribution in [3.05, 3.63) is 58.1 Å². The molecule has 3 atom stereocenters. The SMILES string of the molecule is C.O=c1c2nc(-c3cccc(Cl)c3)ccc2ncn1C[C@@H](O)C[C@H]1NCCC[C@@H]1O. The lowest BCUT2D eigenvalue weighted by Crippen LogP contribution is -2.47. The van der Waals surface area contributed by atoms with Crippen LogP contribution in [0, 0.1) is 0 Å². The van der Waals surface area contributed by atoms with Crippen LogP contribution < -0.4 is 10.9 Å². The monoisotopic (exact) mass is 430 g/mol. The predicted molar refractivity (Wildman–Crippen MR) is 119 cm³/mol. The molecule has 160 valence electrons. The Labute approximate surface area is 180 Å². The van der Waals surface area contributed by atoms with E-state index in [1.54, 1.807) is 24.3 Å². The summed E-state index contributed by atoms with van der Waals surface area (Å²) in [5.74, 6) is 0. The maximum atomic E-state index is 12.9. The van der Waals surface area contributed by atoms with Crippen molar-refractivity contribution in [3.8, 4) is 11.3 Å². The first-order chi connectivity index (χ1) is 14.0. The number of fused-ring (bicyclic) bond motifs is 1. The highest BCUT2D eigenvalue weighted by Gasteiger charge is 2.25. The molecule has 0 saturated carbocycles. The van der Waals surface area contributed by atoms with E-state index in [2.05, 4.69) is 15.3 Å². The fraction of sp³-hybridized carbons (Fsp3) is 0.409.